The van der Waals surface area contributed by atoms with E-state index in [2.05, 4.69) is 15.6 Å². The molecule has 1 aromatic carbocycles. The average molecular weight is 381 g/mol. The number of aliphatic hydroxyl groups excluding tert-OH is 1. The minimum atomic E-state index is -0.690. The Kier molecular flexibility index (Phi) is 7.72. The van der Waals surface area contributed by atoms with Crippen molar-refractivity contribution in [1.82, 2.24) is 15.5 Å². The summed E-state index contributed by atoms with van der Waals surface area (Å²) in [4.78, 5) is 18.5. The Balaban J connectivity index is 1.92. The highest BCUT2D eigenvalue weighted by atomic mass is 35.5. The molecule has 0 saturated carbocycles. The number of rotatable bonds is 6. The van der Waals surface area contributed by atoms with Crippen LogP contribution in [0.3, 0.4) is 0 Å². The molecule has 1 amide bonds. The molecular weight excluding hydrogens is 352 g/mol. The molecule has 1 fully saturated rings. The van der Waals surface area contributed by atoms with E-state index in [1.807, 2.05) is 25.7 Å². The van der Waals surface area contributed by atoms with E-state index in [0.717, 1.165) is 25.1 Å². The van der Waals surface area contributed by atoms with Gasteiger partial charge in [-0.15, -0.1) is 0 Å². The largest absolute Gasteiger partial charge is 0.386 e. The fourth-order valence-corrected chi connectivity index (χ4v) is 3.05. The van der Waals surface area contributed by atoms with E-state index in [1.165, 1.54) is 0 Å². The second-order valence-corrected chi connectivity index (χ2v) is 7.29. The van der Waals surface area contributed by atoms with Crippen molar-refractivity contribution in [2.75, 3.05) is 26.2 Å². The molecule has 0 aromatic heterocycles. The van der Waals surface area contributed by atoms with Gasteiger partial charge in [0.05, 0.1) is 12.6 Å². The van der Waals surface area contributed by atoms with Crippen molar-refractivity contribution in [3.05, 3.63) is 34.9 Å². The van der Waals surface area contributed by atoms with Crippen LogP contribution in [0, 0.1) is 5.92 Å². The number of carbonyl (C=O) groups excluding carboxylic acids is 1. The maximum absolute atomic E-state index is 12.1. The van der Waals surface area contributed by atoms with Crippen molar-refractivity contribution in [3.8, 4) is 0 Å². The van der Waals surface area contributed by atoms with Gasteiger partial charge in [0.25, 0.3) is 0 Å². The van der Waals surface area contributed by atoms with E-state index < -0.39 is 6.10 Å². The second kappa shape index (κ2) is 9.78. The van der Waals surface area contributed by atoms with Crippen LogP contribution < -0.4 is 10.6 Å². The number of aliphatic hydroxyl groups is 1. The summed E-state index contributed by atoms with van der Waals surface area (Å²) < 4.78 is 0. The van der Waals surface area contributed by atoms with Gasteiger partial charge in [-0.05, 0) is 31.0 Å². The molecule has 6 nitrogen and oxygen atoms in total. The molecule has 0 aliphatic carbocycles. The van der Waals surface area contributed by atoms with Gasteiger partial charge in [0.2, 0.25) is 5.91 Å². The number of amides is 1. The molecule has 2 rings (SSSR count). The van der Waals surface area contributed by atoms with E-state index in [9.17, 15) is 9.90 Å². The van der Waals surface area contributed by atoms with Crippen molar-refractivity contribution >= 4 is 23.5 Å². The third kappa shape index (κ3) is 5.88. The fourth-order valence-electron chi connectivity index (χ4n) is 2.92. The predicted octanol–water partition coefficient (Wildman–Crippen LogP) is 2.19. The van der Waals surface area contributed by atoms with Crippen LogP contribution >= 0.6 is 11.6 Å². The van der Waals surface area contributed by atoms with Gasteiger partial charge >= 0.3 is 0 Å². The molecule has 26 heavy (non-hydrogen) atoms. The van der Waals surface area contributed by atoms with Crippen molar-refractivity contribution in [2.45, 2.75) is 39.3 Å². The van der Waals surface area contributed by atoms with Crippen molar-refractivity contribution in [1.29, 1.82) is 0 Å². The zero-order valence-corrected chi connectivity index (χ0v) is 16.5. The summed E-state index contributed by atoms with van der Waals surface area (Å²) in [5, 5.41) is 17.5. The number of nitrogens with zero attached hydrogens (tertiary/aromatic N) is 2. The number of likely N-dealkylation sites (tertiary alicyclic amines) is 1. The number of halogens is 1. The van der Waals surface area contributed by atoms with E-state index >= 15 is 0 Å². The second-order valence-electron chi connectivity index (χ2n) is 6.86. The molecule has 0 bridgehead atoms. The number of nitrogens with one attached hydrogen (secondary N) is 2. The molecule has 0 radical (unpaired) electrons. The maximum Gasteiger partial charge on any atom is 0.225 e. The molecule has 1 aliphatic heterocycles. The van der Waals surface area contributed by atoms with Crippen LogP contribution in [0.15, 0.2) is 29.3 Å². The lowest BCUT2D eigenvalue weighted by molar-refractivity contribution is -0.133. The van der Waals surface area contributed by atoms with E-state index in [0.29, 0.717) is 17.5 Å². The highest BCUT2D eigenvalue weighted by molar-refractivity contribution is 6.30. The highest BCUT2D eigenvalue weighted by Crippen LogP contribution is 2.17. The SMILES string of the molecule is CCNC(=NCC(O)c1ccc(Cl)cc1)NC1CCN(C(=O)C(C)C)C1. The molecule has 7 heteroatoms. The van der Waals surface area contributed by atoms with Gasteiger partial charge in [0.15, 0.2) is 5.96 Å². The van der Waals surface area contributed by atoms with Gasteiger partial charge in [-0.25, -0.2) is 0 Å². The molecule has 3 N–H and O–H groups in total. The lowest BCUT2D eigenvalue weighted by Gasteiger charge is -2.20. The Hall–Kier alpha value is -1.79. The molecular formula is C19H29ClN4O2. The molecule has 2 unspecified atom stereocenters. The summed E-state index contributed by atoms with van der Waals surface area (Å²) in [6.07, 6.45) is 0.202. The van der Waals surface area contributed by atoms with E-state index in [1.54, 1.807) is 24.3 Å². The fraction of sp³-hybridized carbons (Fsp3) is 0.579. The first kappa shape index (κ1) is 20.5. The summed E-state index contributed by atoms with van der Waals surface area (Å²) in [6, 6.07) is 7.28. The zero-order chi connectivity index (χ0) is 19.1. The highest BCUT2D eigenvalue weighted by Gasteiger charge is 2.28. The van der Waals surface area contributed by atoms with Crippen molar-refractivity contribution in [3.63, 3.8) is 0 Å². The monoisotopic (exact) mass is 380 g/mol. The minimum Gasteiger partial charge on any atom is -0.386 e. The number of aliphatic imine (C=N–C) groups is 1. The first-order valence-electron chi connectivity index (χ1n) is 9.17. The molecule has 1 aromatic rings. The summed E-state index contributed by atoms with van der Waals surface area (Å²) in [5.74, 6) is 0.865. The zero-order valence-electron chi connectivity index (χ0n) is 15.7. The summed E-state index contributed by atoms with van der Waals surface area (Å²) >= 11 is 5.88. The lowest BCUT2D eigenvalue weighted by atomic mass is 10.1. The Morgan fingerprint density at radius 3 is 2.69 bits per heavy atom. The van der Waals surface area contributed by atoms with Crippen molar-refractivity contribution in [2.24, 2.45) is 10.9 Å². The van der Waals surface area contributed by atoms with Gasteiger partial charge < -0.3 is 20.6 Å². The Bertz CT molecular complexity index is 618. The average Bonchev–Trinajstić information content (AvgIpc) is 3.07. The molecule has 1 saturated heterocycles. The molecule has 2 atom stereocenters. The van der Waals surface area contributed by atoms with Crippen LogP contribution in [-0.4, -0.2) is 54.1 Å². The van der Waals surface area contributed by atoms with Crippen LogP contribution in [0.2, 0.25) is 5.02 Å². The minimum absolute atomic E-state index is 0.0187. The molecule has 1 aliphatic rings. The normalized spacial score (nSPS) is 18.9. The van der Waals surface area contributed by atoms with E-state index in [4.69, 9.17) is 11.6 Å². The summed E-state index contributed by atoms with van der Waals surface area (Å²) in [7, 11) is 0. The lowest BCUT2D eigenvalue weighted by Crippen LogP contribution is -2.45. The Labute approximate surface area is 160 Å². The number of benzene rings is 1. The Morgan fingerprint density at radius 2 is 2.08 bits per heavy atom. The maximum atomic E-state index is 12.1. The van der Waals surface area contributed by atoms with Gasteiger partial charge in [-0.2, -0.15) is 0 Å². The van der Waals surface area contributed by atoms with Crippen LogP contribution in [0.1, 0.15) is 38.9 Å². The Morgan fingerprint density at radius 1 is 1.38 bits per heavy atom. The summed E-state index contributed by atoms with van der Waals surface area (Å²) in [6.45, 7) is 8.26. The number of hydrogen-bond acceptors (Lipinski definition) is 3. The number of hydrogen-bond donors (Lipinski definition) is 3. The number of carbonyl (C=O) groups is 1. The predicted molar refractivity (Wildman–Crippen MR) is 105 cm³/mol. The molecule has 0 spiro atoms. The van der Waals surface area contributed by atoms with Crippen molar-refractivity contribution < 1.29 is 9.90 Å². The van der Waals surface area contributed by atoms with E-state index in [-0.39, 0.29) is 24.4 Å². The van der Waals surface area contributed by atoms with Gasteiger partial charge in [0, 0.05) is 36.6 Å². The van der Waals surface area contributed by atoms with Gasteiger partial charge in [0.1, 0.15) is 0 Å². The van der Waals surface area contributed by atoms with Crippen LogP contribution in [0.25, 0.3) is 0 Å². The third-order valence-electron chi connectivity index (χ3n) is 4.36. The van der Waals surface area contributed by atoms with Gasteiger partial charge in [-0.1, -0.05) is 37.6 Å². The molecule has 144 valence electrons. The quantitative estimate of drug-likeness (QED) is 0.522. The topological polar surface area (TPSA) is 77.0 Å². The first-order valence-corrected chi connectivity index (χ1v) is 9.55. The third-order valence-corrected chi connectivity index (χ3v) is 4.61. The standard InChI is InChI=1S/C19H29ClN4O2/c1-4-21-19(22-11-17(25)14-5-7-15(20)8-6-14)23-16-9-10-24(12-16)18(26)13(2)3/h5-8,13,16-17,25H,4,9-12H2,1-3H3,(H2,21,22,23). The van der Waals surface area contributed by atoms with Crippen LogP contribution in [0.5, 0.6) is 0 Å². The van der Waals surface area contributed by atoms with Gasteiger partial charge in [-0.3, -0.25) is 9.79 Å². The summed E-state index contributed by atoms with van der Waals surface area (Å²) in [5.41, 5.74) is 0.781. The molecule has 1 heterocycles. The smallest absolute Gasteiger partial charge is 0.225 e. The van der Waals surface area contributed by atoms with Crippen LogP contribution in [0.4, 0.5) is 0 Å². The van der Waals surface area contributed by atoms with Crippen LogP contribution in [-0.2, 0) is 4.79 Å². The number of guanidine groups is 1. The first-order chi connectivity index (χ1) is 12.4.